The number of carbonyl (C=O) groups excluding carboxylic acids is 3. The SMILES string of the molecule is CCCNC(=O)c1ccc(NC(=O)c2ccccc2C(=O)NCCC)cc1. The Bertz CT molecular complexity index is 801. The highest BCUT2D eigenvalue weighted by molar-refractivity contribution is 6.12. The molecule has 0 fully saturated rings. The molecule has 0 bridgehead atoms. The van der Waals surface area contributed by atoms with Crippen LogP contribution in [0.2, 0.25) is 0 Å². The van der Waals surface area contributed by atoms with Gasteiger partial charge in [-0.25, -0.2) is 0 Å². The Balaban J connectivity index is 2.09. The van der Waals surface area contributed by atoms with Gasteiger partial charge in [0.05, 0.1) is 11.1 Å². The van der Waals surface area contributed by atoms with Crippen LogP contribution in [0.25, 0.3) is 0 Å². The Kier molecular flexibility index (Phi) is 7.55. The molecule has 0 aromatic heterocycles. The molecule has 0 aliphatic carbocycles. The third kappa shape index (κ3) is 5.67. The zero-order valence-corrected chi connectivity index (χ0v) is 15.7. The van der Waals surface area contributed by atoms with Crippen molar-refractivity contribution in [3.05, 3.63) is 65.2 Å². The van der Waals surface area contributed by atoms with Crippen LogP contribution in [0.3, 0.4) is 0 Å². The van der Waals surface area contributed by atoms with Crippen LogP contribution in [0, 0.1) is 0 Å². The number of amides is 3. The highest BCUT2D eigenvalue weighted by Gasteiger charge is 2.16. The van der Waals surface area contributed by atoms with Gasteiger partial charge >= 0.3 is 0 Å². The second-order valence-corrected chi connectivity index (χ2v) is 6.09. The summed E-state index contributed by atoms with van der Waals surface area (Å²) in [5.74, 6) is -0.793. The molecule has 27 heavy (non-hydrogen) atoms. The van der Waals surface area contributed by atoms with E-state index in [0.717, 1.165) is 12.8 Å². The van der Waals surface area contributed by atoms with Crippen LogP contribution < -0.4 is 16.0 Å². The van der Waals surface area contributed by atoms with Crippen LogP contribution in [0.1, 0.15) is 57.8 Å². The molecule has 3 N–H and O–H groups in total. The fourth-order valence-electron chi connectivity index (χ4n) is 2.46. The van der Waals surface area contributed by atoms with E-state index in [0.29, 0.717) is 35.5 Å². The maximum atomic E-state index is 12.6. The van der Waals surface area contributed by atoms with E-state index in [-0.39, 0.29) is 17.7 Å². The minimum Gasteiger partial charge on any atom is -0.352 e. The van der Waals surface area contributed by atoms with Gasteiger partial charge in [-0.1, -0.05) is 26.0 Å². The van der Waals surface area contributed by atoms with Crippen LogP contribution in [0.5, 0.6) is 0 Å². The minimum atomic E-state index is -0.375. The van der Waals surface area contributed by atoms with Crippen LogP contribution in [-0.4, -0.2) is 30.8 Å². The number of anilines is 1. The van der Waals surface area contributed by atoms with E-state index in [1.807, 2.05) is 13.8 Å². The predicted octanol–water partition coefficient (Wildman–Crippen LogP) is 3.22. The topological polar surface area (TPSA) is 87.3 Å². The first-order valence-electron chi connectivity index (χ1n) is 9.13. The van der Waals surface area contributed by atoms with Gasteiger partial charge in [-0.15, -0.1) is 0 Å². The van der Waals surface area contributed by atoms with E-state index >= 15 is 0 Å². The van der Waals surface area contributed by atoms with Gasteiger partial charge in [-0.05, 0) is 49.2 Å². The second-order valence-electron chi connectivity index (χ2n) is 6.09. The summed E-state index contributed by atoms with van der Waals surface area (Å²) in [4.78, 5) is 36.8. The molecule has 2 rings (SSSR count). The molecule has 6 nitrogen and oxygen atoms in total. The van der Waals surface area contributed by atoms with E-state index in [9.17, 15) is 14.4 Å². The van der Waals surface area contributed by atoms with Gasteiger partial charge in [0.15, 0.2) is 0 Å². The van der Waals surface area contributed by atoms with Crippen molar-refractivity contribution in [1.29, 1.82) is 0 Å². The number of benzene rings is 2. The van der Waals surface area contributed by atoms with Gasteiger partial charge in [-0.3, -0.25) is 14.4 Å². The summed E-state index contributed by atoms with van der Waals surface area (Å²) in [5, 5.41) is 8.35. The molecule has 0 heterocycles. The van der Waals surface area contributed by atoms with Crippen molar-refractivity contribution in [3.63, 3.8) is 0 Å². The number of hydrogen-bond acceptors (Lipinski definition) is 3. The van der Waals surface area contributed by atoms with E-state index in [1.54, 1.807) is 48.5 Å². The number of rotatable bonds is 8. The van der Waals surface area contributed by atoms with Crippen LogP contribution in [0.4, 0.5) is 5.69 Å². The lowest BCUT2D eigenvalue weighted by atomic mass is 10.1. The quantitative estimate of drug-likeness (QED) is 0.669. The van der Waals surface area contributed by atoms with E-state index in [4.69, 9.17) is 0 Å². The lowest BCUT2D eigenvalue weighted by Gasteiger charge is -2.11. The average Bonchev–Trinajstić information content (AvgIpc) is 2.70. The maximum absolute atomic E-state index is 12.6. The zero-order valence-electron chi connectivity index (χ0n) is 15.7. The summed E-state index contributed by atoms with van der Waals surface area (Å²) in [6.07, 6.45) is 1.68. The van der Waals surface area contributed by atoms with Gasteiger partial charge in [0, 0.05) is 24.3 Å². The third-order valence-corrected chi connectivity index (χ3v) is 3.89. The van der Waals surface area contributed by atoms with Crippen LogP contribution >= 0.6 is 0 Å². The van der Waals surface area contributed by atoms with Crippen molar-refractivity contribution in [1.82, 2.24) is 10.6 Å². The molecule has 0 aliphatic heterocycles. The first kappa shape index (κ1) is 20.2. The lowest BCUT2D eigenvalue weighted by molar-refractivity contribution is 0.0938. The Labute approximate surface area is 159 Å². The Morgan fingerprint density at radius 1 is 0.704 bits per heavy atom. The predicted molar refractivity (Wildman–Crippen MR) is 106 cm³/mol. The van der Waals surface area contributed by atoms with Crippen molar-refractivity contribution in [2.45, 2.75) is 26.7 Å². The molecule has 3 amide bonds. The van der Waals surface area contributed by atoms with Crippen LogP contribution in [-0.2, 0) is 0 Å². The summed E-state index contributed by atoms with van der Waals surface area (Å²) in [6, 6.07) is 13.3. The van der Waals surface area contributed by atoms with Gasteiger partial charge in [0.1, 0.15) is 0 Å². The standard InChI is InChI=1S/C21H25N3O3/c1-3-13-22-19(25)15-9-11-16(12-10-15)24-21(27)18-8-6-5-7-17(18)20(26)23-14-4-2/h5-12H,3-4,13-14H2,1-2H3,(H,22,25)(H,23,26)(H,24,27). The van der Waals surface area contributed by atoms with Crippen molar-refractivity contribution in [2.24, 2.45) is 0 Å². The summed E-state index contributed by atoms with van der Waals surface area (Å²) in [7, 11) is 0. The molecule has 0 unspecified atom stereocenters. The van der Waals surface area contributed by atoms with E-state index < -0.39 is 0 Å². The summed E-state index contributed by atoms with van der Waals surface area (Å²) >= 11 is 0. The lowest BCUT2D eigenvalue weighted by Crippen LogP contribution is -2.27. The molecule has 0 radical (unpaired) electrons. The molecule has 6 heteroatoms. The van der Waals surface area contributed by atoms with E-state index in [2.05, 4.69) is 16.0 Å². The largest absolute Gasteiger partial charge is 0.352 e. The number of carbonyl (C=O) groups is 3. The summed E-state index contributed by atoms with van der Waals surface area (Å²) in [5.41, 5.74) is 1.71. The molecule has 2 aromatic rings. The monoisotopic (exact) mass is 367 g/mol. The number of hydrogen-bond donors (Lipinski definition) is 3. The molecule has 0 aliphatic rings. The fourth-order valence-corrected chi connectivity index (χ4v) is 2.46. The Hall–Kier alpha value is -3.15. The Morgan fingerprint density at radius 3 is 1.78 bits per heavy atom. The van der Waals surface area contributed by atoms with Crippen molar-refractivity contribution >= 4 is 23.4 Å². The summed E-state index contributed by atoms with van der Waals surface area (Å²) in [6.45, 7) is 5.12. The first-order valence-corrected chi connectivity index (χ1v) is 9.13. The van der Waals surface area contributed by atoms with Gasteiger partial charge < -0.3 is 16.0 Å². The molecular weight excluding hydrogens is 342 g/mol. The first-order chi connectivity index (χ1) is 13.1. The zero-order chi connectivity index (χ0) is 19.6. The fraction of sp³-hybridized carbons (Fsp3) is 0.286. The van der Waals surface area contributed by atoms with E-state index in [1.165, 1.54) is 0 Å². The highest BCUT2D eigenvalue weighted by atomic mass is 16.2. The third-order valence-electron chi connectivity index (χ3n) is 3.89. The van der Waals surface area contributed by atoms with Gasteiger partial charge in [-0.2, -0.15) is 0 Å². The molecule has 142 valence electrons. The molecule has 0 atom stereocenters. The highest BCUT2D eigenvalue weighted by Crippen LogP contribution is 2.14. The molecule has 0 saturated heterocycles. The summed E-state index contributed by atoms with van der Waals surface area (Å²) < 4.78 is 0. The minimum absolute atomic E-state index is 0.146. The second kappa shape index (κ2) is 10.1. The Morgan fingerprint density at radius 2 is 1.22 bits per heavy atom. The molecule has 0 saturated carbocycles. The smallest absolute Gasteiger partial charge is 0.256 e. The number of nitrogens with one attached hydrogen (secondary N) is 3. The van der Waals surface area contributed by atoms with Crippen molar-refractivity contribution < 1.29 is 14.4 Å². The van der Waals surface area contributed by atoms with Gasteiger partial charge in [0.25, 0.3) is 17.7 Å². The van der Waals surface area contributed by atoms with Gasteiger partial charge in [0.2, 0.25) is 0 Å². The average molecular weight is 367 g/mol. The maximum Gasteiger partial charge on any atom is 0.256 e. The van der Waals surface area contributed by atoms with Crippen molar-refractivity contribution in [2.75, 3.05) is 18.4 Å². The van der Waals surface area contributed by atoms with Crippen molar-refractivity contribution in [3.8, 4) is 0 Å². The molecular formula is C21H25N3O3. The molecule has 0 spiro atoms. The van der Waals surface area contributed by atoms with Crippen LogP contribution in [0.15, 0.2) is 48.5 Å². The normalized spacial score (nSPS) is 10.1. The molecule has 2 aromatic carbocycles.